The molecule has 3 rings (SSSR count). The van der Waals surface area contributed by atoms with Gasteiger partial charge in [0.05, 0.1) is 25.8 Å². The number of nitrogens with zero attached hydrogens (tertiary/aromatic N) is 2. The van der Waals surface area contributed by atoms with E-state index in [0.29, 0.717) is 40.6 Å². The zero-order valence-corrected chi connectivity index (χ0v) is 19.3. The molecule has 1 saturated heterocycles. The lowest BCUT2D eigenvalue weighted by Gasteiger charge is -2.27. The van der Waals surface area contributed by atoms with E-state index in [1.807, 2.05) is 19.0 Å². The number of rotatable bonds is 8. The third kappa shape index (κ3) is 4.59. The van der Waals surface area contributed by atoms with Crippen LogP contribution < -0.4 is 9.47 Å². The molecule has 1 atom stereocenters. The van der Waals surface area contributed by atoms with Gasteiger partial charge >= 0.3 is 0 Å². The van der Waals surface area contributed by atoms with Gasteiger partial charge in [0.15, 0.2) is 11.5 Å². The van der Waals surface area contributed by atoms with Gasteiger partial charge in [0.25, 0.3) is 11.7 Å². The molecule has 0 radical (unpaired) electrons. The van der Waals surface area contributed by atoms with Crippen LogP contribution in [0.5, 0.6) is 11.5 Å². The maximum absolute atomic E-state index is 13.1. The van der Waals surface area contributed by atoms with Crippen molar-refractivity contribution < 1.29 is 24.2 Å². The quantitative estimate of drug-likeness (QED) is 0.369. The van der Waals surface area contributed by atoms with E-state index >= 15 is 0 Å². The monoisotopic (exact) mass is 458 g/mol. The summed E-state index contributed by atoms with van der Waals surface area (Å²) < 4.78 is 11.0. The van der Waals surface area contributed by atoms with Crippen LogP contribution in [0.4, 0.5) is 0 Å². The van der Waals surface area contributed by atoms with Crippen molar-refractivity contribution in [2.45, 2.75) is 12.5 Å². The van der Waals surface area contributed by atoms with E-state index in [-0.39, 0.29) is 11.3 Å². The van der Waals surface area contributed by atoms with Gasteiger partial charge in [-0.3, -0.25) is 9.59 Å². The Labute approximate surface area is 192 Å². The number of likely N-dealkylation sites (tertiary alicyclic amines) is 1. The fraction of sp³-hybridized carbons (Fsp3) is 0.333. The molecule has 1 unspecified atom stereocenters. The highest BCUT2D eigenvalue weighted by Crippen LogP contribution is 2.45. The number of amides is 1. The van der Waals surface area contributed by atoms with Gasteiger partial charge in [-0.15, -0.1) is 0 Å². The lowest BCUT2D eigenvalue weighted by Crippen LogP contribution is -2.32. The van der Waals surface area contributed by atoms with Crippen molar-refractivity contribution in [1.82, 2.24) is 9.80 Å². The summed E-state index contributed by atoms with van der Waals surface area (Å²) in [6.07, 6.45) is 0.657. The van der Waals surface area contributed by atoms with Crippen LogP contribution in [0.3, 0.4) is 0 Å². The normalized spacial score (nSPS) is 17.8. The first-order valence-corrected chi connectivity index (χ1v) is 10.6. The number of para-hydroxylation sites is 1. The van der Waals surface area contributed by atoms with Crippen LogP contribution in [-0.4, -0.2) is 68.0 Å². The first-order chi connectivity index (χ1) is 15.3. The van der Waals surface area contributed by atoms with Crippen LogP contribution in [0.25, 0.3) is 5.76 Å². The van der Waals surface area contributed by atoms with Crippen molar-refractivity contribution in [1.29, 1.82) is 0 Å². The number of aliphatic hydroxyl groups excluding tert-OH is 1. The highest BCUT2D eigenvalue weighted by Gasteiger charge is 2.47. The smallest absolute Gasteiger partial charge is 0.295 e. The number of hydrogen-bond donors (Lipinski definition) is 1. The molecule has 32 heavy (non-hydrogen) atoms. The van der Waals surface area contributed by atoms with Crippen LogP contribution in [0.15, 0.2) is 48.0 Å². The van der Waals surface area contributed by atoms with Crippen molar-refractivity contribution in [3.05, 3.63) is 64.2 Å². The lowest BCUT2D eigenvalue weighted by atomic mass is 9.94. The minimum absolute atomic E-state index is 0.00808. The van der Waals surface area contributed by atoms with Gasteiger partial charge in [-0.2, -0.15) is 0 Å². The van der Waals surface area contributed by atoms with Crippen molar-refractivity contribution in [2.24, 2.45) is 0 Å². The van der Waals surface area contributed by atoms with Crippen LogP contribution in [0.1, 0.15) is 23.6 Å². The summed E-state index contributed by atoms with van der Waals surface area (Å²) in [4.78, 5) is 29.7. The maximum atomic E-state index is 13.1. The number of ether oxygens (including phenoxy) is 2. The predicted molar refractivity (Wildman–Crippen MR) is 123 cm³/mol. The molecule has 1 amide bonds. The summed E-state index contributed by atoms with van der Waals surface area (Å²) in [5.41, 5.74) is 0.965. The summed E-state index contributed by atoms with van der Waals surface area (Å²) in [7, 11) is 6.90. The van der Waals surface area contributed by atoms with E-state index in [1.165, 1.54) is 19.1 Å². The molecular formula is C24H27ClN2O5. The Kier molecular flexibility index (Phi) is 7.43. The molecule has 0 saturated carbocycles. The Hall–Kier alpha value is -3.03. The van der Waals surface area contributed by atoms with E-state index in [2.05, 4.69) is 0 Å². The number of aliphatic hydroxyl groups is 1. The number of halogens is 1. The van der Waals surface area contributed by atoms with E-state index in [1.54, 1.807) is 42.5 Å². The minimum Gasteiger partial charge on any atom is -0.507 e. The Morgan fingerprint density at radius 1 is 1.09 bits per heavy atom. The number of carbonyl (C=O) groups is 2. The van der Waals surface area contributed by atoms with Gasteiger partial charge in [0.1, 0.15) is 5.76 Å². The second-order valence-corrected chi connectivity index (χ2v) is 8.18. The van der Waals surface area contributed by atoms with E-state index in [9.17, 15) is 14.7 Å². The molecule has 0 bridgehead atoms. The second-order valence-electron chi connectivity index (χ2n) is 7.74. The van der Waals surface area contributed by atoms with Gasteiger partial charge < -0.3 is 24.4 Å². The largest absolute Gasteiger partial charge is 0.507 e. The number of methoxy groups -OCH3 is 2. The molecule has 0 aromatic heterocycles. The van der Waals surface area contributed by atoms with Crippen molar-refractivity contribution in [3.63, 3.8) is 0 Å². The molecule has 0 spiro atoms. The Bertz CT molecular complexity index is 1030. The Morgan fingerprint density at radius 2 is 1.78 bits per heavy atom. The summed E-state index contributed by atoms with van der Waals surface area (Å²) in [6.45, 7) is 1.08. The summed E-state index contributed by atoms with van der Waals surface area (Å²) in [5.74, 6) is -0.784. The zero-order chi connectivity index (χ0) is 23.4. The number of ketones is 1. The molecule has 1 aliphatic rings. The number of Topliss-reactive ketones (excluding diaryl/α,β-unsaturated/α-hetero) is 1. The average molecular weight is 459 g/mol. The minimum atomic E-state index is -0.821. The number of carbonyl (C=O) groups excluding carboxylic acids is 2. The Morgan fingerprint density at radius 3 is 2.38 bits per heavy atom. The van der Waals surface area contributed by atoms with Gasteiger partial charge in [-0.1, -0.05) is 23.7 Å². The van der Waals surface area contributed by atoms with Crippen molar-refractivity contribution in [2.75, 3.05) is 41.4 Å². The van der Waals surface area contributed by atoms with Crippen molar-refractivity contribution >= 4 is 29.1 Å². The van der Waals surface area contributed by atoms with Crippen LogP contribution in [-0.2, 0) is 9.59 Å². The second kappa shape index (κ2) is 10.1. The van der Waals surface area contributed by atoms with E-state index in [0.717, 1.165) is 6.54 Å². The molecule has 1 fully saturated rings. The molecule has 0 aliphatic carbocycles. The highest BCUT2D eigenvalue weighted by atomic mass is 35.5. The Balaban J connectivity index is 2.19. The van der Waals surface area contributed by atoms with Gasteiger partial charge in [-0.25, -0.2) is 0 Å². The average Bonchev–Trinajstić information content (AvgIpc) is 3.03. The van der Waals surface area contributed by atoms with E-state index < -0.39 is 17.7 Å². The lowest BCUT2D eigenvalue weighted by molar-refractivity contribution is -0.140. The summed E-state index contributed by atoms with van der Waals surface area (Å²) in [6, 6.07) is 10.9. The van der Waals surface area contributed by atoms with Crippen LogP contribution in [0.2, 0.25) is 5.02 Å². The molecule has 1 N–H and O–H groups in total. The first-order valence-electron chi connectivity index (χ1n) is 10.2. The van der Waals surface area contributed by atoms with E-state index in [4.69, 9.17) is 21.1 Å². The molecule has 7 nitrogen and oxygen atoms in total. The predicted octanol–water partition coefficient (Wildman–Crippen LogP) is 3.73. The third-order valence-electron chi connectivity index (χ3n) is 5.39. The van der Waals surface area contributed by atoms with Gasteiger partial charge in [0, 0.05) is 22.7 Å². The molecular weight excluding hydrogens is 432 g/mol. The van der Waals surface area contributed by atoms with Crippen LogP contribution >= 0.6 is 11.6 Å². The maximum Gasteiger partial charge on any atom is 0.295 e. The van der Waals surface area contributed by atoms with Crippen molar-refractivity contribution in [3.8, 4) is 11.5 Å². The third-order valence-corrected chi connectivity index (χ3v) is 5.64. The summed E-state index contributed by atoms with van der Waals surface area (Å²) in [5, 5.41) is 11.6. The molecule has 1 heterocycles. The summed E-state index contributed by atoms with van der Waals surface area (Å²) >= 11 is 5.97. The topological polar surface area (TPSA) is 79.3 Å². The molecule has 1 aliphatic heterocycles. The SMILES string of the molecule is COc1cccc(C2/C(=C(\O)c3ccc(Cl)cc3)C(=O)C(=O)N2CCCN(C)C)c1OC. The fourth-order valence-electron chi connectivity index (χ4n) is 3.88. The number of benzene rings is 2. The molecule has 8 heteroatoms. The zero-order valence-electron chi connectivity index (χ0n) is 18.6. The van der Waals surface area contributed by atoms with Crippen LogP contribution in [0, 0.1) is 0 Å². The fourth-order valence-corrected chi connectivity index (χ4v) is 4.01. The molecule has 2 aromatic rings. The van der Waals surface area contributed by atoms with Gasteiger partial charge in [-0.05, 0) is 57.4 Å². The molecule has 170 valence electrons. The standard InChI is InChI=1S/C24H27ClN2O5/c1-26(2)13-6-14-27-20(17-7-5-8-18(31-3)23(17)32-4)19(22(29)24(27)30)21(28)15-9-11-16(25)12-10-15/h5,7-12,20,28H,6,13-14H2,1-4H3/b21-19+. The molecule has 2 aromatic carbocycles. The first kappa shape index (κ1) is 23.6. The number of hydrogen-bond acceptors (Lipinski definition) is 6. The highest BCUT2D eigenvalue weighted by molar-refractivity contribution is 6.46. The van der Waals surface area contributed by atoms with Gasteiger partial charge in [0.2, 0.25) is 0 Å².